The third-order valence-corrected chi connectivity index (χ3v) is 4.62. The van der Waals surface area contributed by atoms with Crippen molar-refractivity contribution in [2.24, 2.45) is 0 Å². The third-order valence-electron chi connectivity index (χ3n) is 4.30. The highest BCUT2D eigenvalue weighted by molar-refractivity contribution is 6.32. The van der Waals surface area contributed by atoms with Gasteiger partial charge in [-0.2, -0.15) is 4.68 Å². The molecule has 1 heterocycles. The molecule has 0 radical (unpaired) electrons. The molecule has 0 fully saturated rings. The average molecular weight is 385 g/mol. The van der Waals surface area contributed by atoms with Crippen LogP contribution in [0.15, 0.2) is 59.4 Å². The molecule has 1 amide bonds. The molecular formula is C20H21ClN4O2. The summed E-state index contributed by atoms with van der Waals surface area (Å²) in [5.41, 5.74) is 0.806. The van der Waals surface area contributed by atoms with Crippen LogP contribution < -0.4 is 11.0 Å². The maximum Gasteiger partial charge on any atom is 0.351 e. The molecule has 27 heavy (non-hydrogen) atoms. The van der Waals surface area contributed by atoms with E-state index in [-0.39, 0.29) is 18.5 Å². The zero-order valence-corrected chi connectivity index (χ0v) is 16.0. The van der Waals surface area contributed by atoms with Gasteiger partial charge in [0, 0.05) is 11.6 Å². The van der Waals surface area contributed by atoms with Gasteiger partial charge in [-0.1, -0.05) is 61.0 Å². The number of nitrogens with one attached hydrogen (secondary N) is 1. The molecule has 140 valence electrons. The fraction of sp³-hybridized carbons (Fsp3) is 0.250. The quantitative estimate of drug-likeness (QED) is 0.709. The standard InChI is InChI=1S/C20H21ClN4O2/c1-3-14(2)22-18(26)13-24-19(15-9-5-4-6-10-15)23-25(20(24)27)17-12-8-7-11-16(17)21/h4-12,14H,3,13H2,1-2H3,(H,22,26)/t14-/m0/s1. The molecule has 7 heteroatoms. The molecule has 6 nitrogen and oxygen atoms in total. The molecule has 3 rings (SSSR count). The minimum absolute atomic E-state index is 0.0343. The van der Waals surface area contributed by atoms with Gasteiger partial charge >= 0.3 is 5.69 Å². The summed E-state index contributed by atoms with van der Waals surface area (Å²) in [5.74, 6) is 0.183. The van der Waals surface area contributed by atoms with E-state index in [1.165, 1.54) is 9.25 Å². The van der Waals surface area contributed by atoms with E-state index in [1.807, 2.05) is 44.2 Å². The Morgan fingerprint density at radius 2 is 1.81 bits per heavy atom. The van der Waals surface area contributed by atoms with E-state index in [9.17, 15) is 9.59 Å². The second-order valence-electron chi connectivity index (χ2n) is 6.30. The molecule has 1 N–H and O–H groups in total. The Balaban J connectivity index is 2.09. The summed E-state index contributed by atoms with van der Waals surface area (Å²) in [5, 5.41) is 7.76. The summed E-state index contributed by atoms with van der Waals surface area (Å²) in [6.07, 6.45) is 0.811. The van der Waals surface area contributed by atoms with Crippen molar-refractivity contribution >= 4 is 17.5 Å². The zero-order valence-electron chi connectivity index (χ0n) is 15.2. The van der Waals surface area contributed by atoms with Crippen LogP contribution in [0.3, 0.4) is 0 Å². The number of hydrogen-bond donors (Lipinski definition) is 1. The van der Waals surface area contributed by atoms with Crippen molar-refractivity contribution in [1.82, 2.24) is 19.7 Å². The van der Waals surface area contributed by atoms with E-state index >= 15 is 0 Å². The summed E-state index contributed by atoms with van der Waals surface area (Å²) >= 11 is 6.24. The SMILES string of the molecule is CC[C@H](C)NC(=O)Cn1c(-c2ccccc2)nn(-c2ccccc2Cl)c1=O. The first kappa shape index (κ1) is 18.9. The highest BCUT2D eigenvalue weighted by Gasteiger charge is 2.20. The van der Waals surface area contributed by atoms with E-state index < -0.39 is 5.69 Å². The average Bonchev–Trinajstić information content (AvgIpc) is 2.99. The van der Waals surface area contributed by atoms with Gasteiger partial charge in [0.05, 0.1) is 10.7 Å². The predicted molar refractivity (Wildman–Crippen MR) is 106 cm³/mol. The Kier molecular flexibility index (Phi) is 5.76. The number of halogens is 1. The van der Waals surface area contributed by atoms with Crippen molar-refractivity contribution in [2.75, 3.05) is 0 Å². The minimum atomic E-state index is -0.416. The summed E-state index contributed by atoms with van der Waals surface area (Å²) in [4.78, 5) is 25.4. The Morgan fingerprint density at radius 1 is 1.15 bits per heavy atom. The molecule has 0 unspecified atom stereocenters. The van der Waals surface area contributed by atoms with Crippen LogP contribution in [0.25, 0.3) is 17.1 Å². The highest BCUT2D eigenvalue weighted by atomic mass is 35.5. The van der Waals surface area contributed by atoms with Crippen molar-refractivity contribution in [1.29, 1.82) is 0 Å². The Morgan fingerprint density at radius 3 is 2.48 bits per heavy atom. The molecule has 0 saturated heterocycles. The molecule has 0 aliphatic carbocycles. The smallest absolute Gasteiger partial charge is 0.351 e. The van der Waals surface area contributed by atoms with E-state index in [4.69, 9.17) is 11.6 Å². The van der Waals surface area contributed by atoms with Crippen molar-refractivity contribution in [3.63, 3.8) is 0 Å². The van der Waals surface area contributed by atoms with Gasteiger partial charge in [0.25, 0.3) is 0 Å². The maximum atomic E-state index is 13.0. The molecule has 0 aliphatic rings. The molecule has 0 saturated carbocycles. The van der Waals surface area contributed by atoms with Gasteiger partial charge in [-0.15, -0.1) is 5.10 Å². The van der Waals surface area contributed by atoms with Crippen LogP contribution in [0.2, 0.25) is 5.02 Å². The van der Waals surface area contributed by atoms with Gasteiger partial charge in [-0.3, -0.25) is 9.36 Å². The lowest BCUT2D eigenvalue weighted by molar-refractivity contribution is -0.122. The van der Waals surface area contributed by atoms with Crippen molar-refractivity contribution in [3.05, 3.63) is 70.1 Å². The van der Waals surface area contributed by atoms with Crippen LogP contribution in [0, 0.1) is 0 Å². The molecule has 3 aromatic rings. The van der Waals surface area contributed by atoms with Crippen molar-refractivity contribution in [3.8, 4) is 17.1 Å². The van der Waals surface area contributed by atoms with Gasteiger partial charge in [0.2, 0.25) is 5.91 Å². The van der Waals surface area contributed by atoms with Gasteiger partial charge in [-0.25, -0.2) is 4.79 Å². The summed E-state index contributed by atoms with van der Waals surface area (Å²) in [7, 11) is 0. The number of amides is 1. The number of rotatable bonds is 6. The molecular weight excluding hydrogens is 364 g/mol. The molecule has 1 aromatic heterocycles. The molecule has 1 atom stereocenters. The summed E-state index contributed by atoms with van der Waals surface area (Å²) in [6, 6.07) is 16.3. The van der Waals surface area contributed by atoms with E-state index in [1.54, 1.807) is 24.3 Å². The van der Waals surface area contributed by atoms with Crippen LogP contribution >= 0.6 is 11.6 Å². The first-order valence-electron chi connectivity index (χ1n) is 8.80. The number of para-hydroxylation sites is 1. The molecule has 0 spiro atoms. The van der Waals surface area contributed by atoms with Crippen LogP contribution in [-0.4, -0.2) is 26.3 Å². The van der Waals surface area contributed by atoms with Crippen LogP contribution in [-0.2, 0) is 11.3 Å². The van der Waals surface area contributed by atoms with E-state index in [0.717, 1.165) is 12.0 Å². The van der Waals surface area contributed by atoms with Crippen LogP contribution in [0.1, 0.15) is 20.3 Å². The second-order valence-corrected chi connectivity index (χ2v) is 6.71. The second kappa shape index (κ2) is 8.22. The number of carbonyl (C=O) groups is 1. The number of carbonyl (C=O) groups excluding carboxylic acids is 1. The minimum Gasteiger partial charge on any atom is -0.352 e. The Hall–Kier alpha value is -2.86. The number of benzene rings is 2. The van der Waals surface area contributed by atoms with Crippen molar-refractivity contribution < 1.29 is 4.79 Å². The third kappa shape index (κ3) is 4.11. The molecule has 2 aromatic carbocycles. The topological polar surface area (TPSA) is 68.9 Å². The normalized spacial score (nSPS) is 12.0. The first-order chi connectivity index (χ1) is 13.0. The summed E-state index contributed by atoms with van der Waals surface area (Å²) in [6.45, 7) is 3.80. The van der Waals surface area contributed by atoms with Gasteiger partial charge < -0.3 is 5.32 Å². The monoisotopic (exact) mass is 384 g/mol. The van der Waals surface area contributed by atoms with Gasteiger partial charge in [-0.05, 0) is 25.5 Å². The molecule has 0 bridgehead atoms. The number of nitrogens with zero attached hydrogens (tertiary/aromatic N) is 3. The van der Waals surface area contributed by atoms with Crippen molar-refractivity contribution in [2.45, 2.75) is 32.9 Å². The van der Waals surface area contributed by atoms with E-state index in [2.05, 4.69) is 10.4 Å². The van der Waals surface area contributed by atoms with E-state index in [0.29, 0.717) is 16.5 Å². The summed E-state index contributed by atoms with van der Waals surface area (Å²) < 4.78 is 2.61. The maximum absolute atomic E-state index is 13.0. The Bertz CT molecular complexity index is 995. The first-order valence-corrected chi connectivity index (χ1v) is 9.18. The number of hydrogen-bond acceptors (Lipinski definition) is 3. The van der Waals surface area contributed by atoms with Crippen LogP contribution in [0.4, 0.5) is 0 Å². The number of aromatic nitrogens is 3. The molecule has 0 aliphatic heterocycles. The fourth-order valence-corrected chi connectivity index (χ4v) is 2.90. The lowest BCUT2D eigenvalue weighted by atomic mass is 10.2. The van der Waals surface area contributed by atoms with Crippen LogP contribution in [0.5, 0.6) is 0 Å². The van der Waals surface area contributed by atoms with Gasteiger partial charge in [0.1, 0.15) is 6.54 Å². The fourth-order valence-electron chi connectivity index (χ4n) is 2.69. The lowest BCUT2D eigenvalue weighted by Gasteiger charge is -2.12. The predicted octanol–water partition coefficient (Wildman–Crippen LogP) is 3.27. The van der Waals surface area contributed by atoms with Gasteiger partial charge in [0.15, 0.2) is 5.82 Å². The zero-order chi connectivity index (χ0) is 19.4. The highest BCUT2D eigenvalue weighted by Crippen LogP contribution is 2.20. The Labute approximate surface area is 162 Å². The largest absolute Gasteiger partial charge is 0.352 e. The lowest BCUT2D eigenvalue weighted by Crippen LogP contribution is -2.37.